The zero-order chi connectivity index (χ0) is 47.8. The first-order valence-corrected chi connectivity index (χ1v) is 22.8. The lowest BCUT2D eigenvalue weighted by Gasteiger charge is -2.34. The predicted molar refractivity (Wildman–Crippen MR) is 245 cm³/mol. The molecule has 2 fully saturated rings. The lowest BCUT2D eigenvalue weighted by Crippen LogP contribution is -2.55. The summed E-state index contributed by atoms with van der Waals surface area (Å²) in [4.78, 5) is 69.6. The van der Waals surface area contributed by atoms with Crippen molar-refractivity contribution >= 4 is 46.2 Å². The fourth-order valence-electron chi connectivity index (χ4n) is 10.2. The van der Waals surface area contributed by atoms with E-state index in [1.807, 2.05) is 58.9 Å². The lowest BCUT2D eigenvalue weighted by molar-refractivity contribution is -0.143. The molecule has 2 saturated heterocycles. The number of carbonyl (C=O) groups is 4. The van der Waals surface area contributed by atoms with Gasteiger partial charge in [0.1, 0.15) is 30.3 Å². The van der Waals surface area contributed by atoms with Gasteiger partial charge in [0, 0.05) is 49.2 Å². The number of likely N-dealkylation sites (tertiary alicyclic amines) is 2. The maximum Gasteiger partial charge on any atom is 0.407 e. The van der Waals surface area contributed by atoms with Gasteiger partial charge in [-0.3, -0.25) is 14.6 Å². The van der Waals surface area contributed by atoms with E-state index < -0.39 is 48.9 Å². The Morgan fingerprint density at radius 2 is 1.60 bits per heavy atom. The van der Waals surface area contributed by atoms with Crippen LogP contribution in [-0.4, -0.2) is 121 Å². The van der Waals surface area contributed by atoms with Gasteiger partial charge in [0.2, 0.25) is 11.8 Å². The zero-order valence-electron chi connectivity index (χ0n) is 39.1. The second-order valence-electron chi connectivity index (χ2n) is 18.6. The molecule has 4 aliphatic heterocycles. The molecule has 3 aromatic carbocycles. The van der Waals surface area contributed by atoms with Crippen LogP contribution in [0, 0.1) is 23.7 Å². The molecule has 18 heteroatoms. The van der Waals surface area contributed by atoms with Gasteiger partial charge >= 0.3 is 18.8 Å². The van der Waals surface area contributed by atoms with Gasteiger partial charge in [-0.2, -0.15) is 8.78 Å². The summed E-state index contributed by atoms with van der Waals surface area (Å²) in [6.45, 7) is 7.31. The molecule has 8 rings (SSSR count). The lowest BCUT2D eigenvalue weighted by atomic mass is 9.90. The average Bonchev–Trinajstić information content (AvgIpc) is 4.13. The molecule has 5 heterocycles. The highest BCUT2D eigenvalue weighted by molar-refractivity contribution is 6.07. The predicted octanol–water partition coefficient (Wildman–Crippen LogP) is 7.56. The van der Waals surface area contributed by atoms with Crippen LogP contribution in [0.4, 0.5) is 24.1 Å². The van der Waals surface area contributed by atoms with Crippen molar-refractivity contribution in [2.75, 3.05) is 41.1 Å². The number of rotatable bonds is 14. The summed E-state index contributed by atoms with van der Waals surface area (Å²) in [5.74, 6) is 0.0456. The minimum Gasteiger partial charge on any atom is -0.488 e. The highest BCUT2D eigenvalue weighted by Crippen LogP contribution is 2.46. The molecule has 3 N–H and O–H groups in total. The smallest absolute Gasteiger partial charge is 0.407 e. The van der Waals surface area contributed by atoms with Crippen molar-refractivity contribution in [2.45, 2.75) is 97.3 Å². The molecular weight excluding hydrogens is 869 g/mol. The molecule has 0 radical (unpaired) electrons. The maximum absolute atomic E-state index is 14.3. The molecule has 4 aliphatic rings. The Balaban J connectivity index is 1.03. The quantitative estimate of drug-likeness (QED) is 0.114. The molecule has 4 aromatic rings. The Morgan fingerprint density at radius 3 is 2.27 bits per heavy atom. The van der Waals surface area contributed by atoms with Gasteiger partial charge in [-0.05, 0) is 88.9 Å². The summed E-state index contributed by atoms with van der Waals surface area (Å²) in [5.41, 5.74) is 7.13. The molecule has 7 atom stereocenters. The van der Waals surface area contributed by atoms with E-state index in [0.717, 1.165) is 61.4 Å². The Morgan fingerprint density at radius 1 is 0.881 bits per heavy atom. The summed E-state index contributed by atoms with van der Waals surface area (Å²) >= 11 is 0. The number of nitrogens with one attached hydrogen (secondary N) is 3. The third-order valence-corrected chi connectivity index (χ3v) is 13.7. The summed E-state index contributed by atoms with van der Waals surface area (Å²) in [6.07, 6.45) is 1.81. The normalized spacial score (nSPS) is 21.7. The van der Waals surface area contributed by atoms with Crippen molar-refractivity contribution in [2.24, 2.45) is 28.7 Å². The number of aromatic nitrogens is 2. The largest absolute Gasteiger partial charge is 0.488 e. The van der Waals surface area contributed by atoms with E-state index in [9.17, 15) is 28.0 Å². The number of aliphatic imine (C=N–C) groups is 1. The number of aromatic amines is 1. The fraction of sp³-hybridized carbons (Fsp3) is 0.510. The minimum atomic E-state index is -2.95. The van der Waals surface area contributed by atoms with Crippen molar-refractivity contribution < 1.29 is 51.6 Å². The number of amides is 4. The van der Waals surface area contributed by atoms with Crippen LogP contribution in [-0.2, 0) is 41.6 Å². The zero-order valence-corrected chi connectivity index (χ0v) is 39.1. The van der Waals surface area contributed by atoms with Crippen molar-refractivity contribution in [3.05, 3.63) is 65.6 Å². The SMILES string of the molecule is COC[C@H]1C[C@@H](c2ncc(-c3ccc4c(c3)COc3cc5c6c(ccc5cc3-4)N=C([C@@H]3C[C@H](COC(F)F)[C@H](C)N3C(=O)[C@@H](NC(=O)OC)C(C)C)C6)[nH]2)N(C(=O)[C@@H](NC(=O)OC)C(C)C)C1. The molecule has 16 nitrogen and oxygen atoms in total. The molecule has 4 amide bonds. The number of fused-ring (bicyclic) bond motifs is 6. The maximum atomic E-state index is 14.3. The van der Waals surface area contributed by atoms with Crippen molar-refractivity contribution in [3.63, 3.8) is 0 Å². The highest BCUT2D eigenvalue weighted by Gasteiger charge is 2.47. The molecule has 0 unspecified atom stereocenters. The van der Waals surface area contributed by atoms with Gasteiger partial charge in [-0.1, -0.05) is 45.9 Å². The minimum absolute atomic E-state index is 0.0827. The first kappa shape index (κ1) is 47.4. The Labute approximate surface area is 388 Å². The Hall–Kier alpha value is -6.14. The van der Waals surface area contributed by atoms with Crippen LogP contribution in [0.3, 0.4) is 0 Å². The third-order valence-electron chi connectivity index (χ3n) is 13.7. The average molecular weight is 928 g/mol. The van der Waals surface area contributed by atoms with E-state index in [1.54, 1.807) is 23.1 Å². The van der Waals surface area contributed by atoms with Crippen molar-refractivity contribution in [1.82, 2.24) is 30.4 Å². The van der Waals surface area contributed by atoms with Crippen LogP contribution < -0.4 is 15.4 Å². The number of hydrogen-bond acceptors (Lipinski definition) is 11. The first-order chi connectivity index (χ1) is 32.1. The number of carbonyl (C=O) groups excluding carboxylic acids is 4. The molecule has 0 aliphatic carbocycles. The van der Waals surface area contributed by atoms with Crippen LogP contribution in [0.25, 0.3) is 33.2 Å². The van der Waals surface area contributed by atoms with Gasteiger partial charge in [0.25, 0.3) is 0 Å². The number of hydrogen-bond donors (Lipinski definition) is 3. The van der Waals surface area contributed by atoms with E-state index in [4.69, 9.17) is 33.7 Å². The van der Waals surface area contributed by atoms with Gasteiger partial charge in [-0.25, -0.2) is 14.6 Å². The second kappa shape index (κ2) is 19.6. The Kier molecular flexibility index (Phi) is 13.9. The molecule has 0 spiro atoms. The second-order valence-corrected chi connectivity index (χ2v) is 18.6. The van der Waals surface area contributed by atoms with Crippen LogP contribution in [0.15, 0.2) is 53.7 Å². The third kappa shape index (κ3) is 9.42. The number of H-pyrrole nitrogens is 1. The summed E-state index contributed by atoms with van der Waals surface area (Å²) in [6, 6.07) is 11.3. The van der Waals surface area contributed by atoms with E-state index in [-0.39, 0.29) is 42.2 Å². The highest BCUT2D eigenvalue weighted by atomic mass is 19.3. The van der Waals surface area contributed by atoms with Crippen LogP contribution in [0.2, 0.25) is 0 Å². The standard InChI is InChI=1S/C49H59F2N7O9/c1-24(2)42(55-48(61)64-7)45(59)57-20-27(21-63-6)13-40(57)44-52-19-38(54-44)29-9-11-32-31(14-29)23-66-41-18-33-28(15-35(32)41)10-12-36-34(33)17-37(53-36)39-16-30(22-67-47(50)51)26(5)58(39)46(60)43(25(3)4)56-49(62)65-8/h9-12,14-15,18-19,24-27,30,39-40,42-43,47H,13,16-17,20-23H2,1-8H3,(H,52,54)(H,55,61)(H,56,62)/t26-,27-,30+,39-,40-,42-,43-/m0/s1. The molecule has 1 aromatic heterocycles. The van der Waals surface area contributed by atoms with Gasteiger partial charge in [-0.15, -0.1) is 0 Å². The van der Waals surface area contributed by atoms with E-state index in [0.29, 0.717) is 44.8 Å². The number of alkyl carbamates (subject to hydrolysis) is 2. The molecular formula is C49H59F2N7O9. The monoisotopic (exact) mass is 927 g/mol. The number of benzene rings is 3. The topological polar surface area (TPSA) is 186 Å². The number of alkyl halides is 2. The van der Waals surface area contributed by atoms with Crippen LogP contribution in [0.1, 0.15) is 70.5 Å². The van der Waals surface area contributed by atoms with Gasteiger partial charge in [0.15, 0.2) is 0 Å². The van der Waals surface area contributed by atoms with Crippen LogP contribution >= 0.6 is 0 Å². The summed E-state index contributed by atoms with van der Waals surface area (Å²) < 4.78 is 52.8. The molecule has 358 valence electrons. The summed E-state index contributed by atoms with van der Waals surface area (Å²) in [7, 11) is 4.15. The number of nitrogens with zero attached hydrogens (tertiary/aromatic N) is 4. The number of imidazole rings is 1. The molecule has 67 heavy (non-hydrogen) atoms. The molecule has 0 bridgehead atoms. The van der Waals surface area contributed by atoms with Gasteiger partial charge < -0.3 is 49.1 Å². The van der Waals surface area contributed by atoms with Gasteiger partial charge in [0.05, 0.1) is 57.1 Å². The van der Waals surface area contributed by atoms with Crippen molar-refractivity contribution in [3.8, 4) is 28.1 Å². The van der Waals surface area contributed by atoms with Crippen LogP contribution in [0.5, 0.6) is 5.75 Å². The summed E-state index contributed by atoms with van der Waals surface area (Å²) in [5, 5.41) is 7.32. The van der Waals surface area contributed by atoms with E-state index in [1.165, 1.54) is 14.2 Å². The fourth-order valence-corrected chi connectivity index (χ4v) is 10.2. The first-order valence-electron chi connectivity index (χ1n) is 22.8. The number of methoxy groups -OCH3 is 3. The molecule has 0 saturated carbocycles. The Bertz CT molecular complexity index is 2560. The van der Waals surface area contributed by atoms with E-state index >= 15 is 0 Å². The van der Waals surface area contributed by atoms with E-state index in [2.05, 4.69) is 33.8 Å². The number of ether oxygens (including phenoxy) is 5. The number of halogens is 2. The van der Waals surface area contributed by atoms with Crippen molar-refractivity contribution in [1.29, 1.82) is 0 Å².